The van der Waals surface area contributed by atoms with Crippen LogP contribution in [0.2, 0.25) is 0 Å². The Balaban J connectivity index is 0.000000164. The van der Waals surface area contributed by atoms with Crippen LogP contribution in [0, 0.1) is 121 Å². The van der Waals surface area contributed by atoms with Gasteiger partial charge in [0.2, 0.25) is 0 Å². The lowest BCUT2D eigenvalue weighted by Crippen LogP contribution is -2.59. The van der Waals surface area contributed by atoms with Gasteiger partial charge in [-0.05, 0) is 276 Å². The van der Waals surface area contributed by atoms with Gasteiger partial charge in [0.15, 0.2) is 0 Å². The monoisotopic (exact) mass is 1200 g/mol. The molecule has 13 rings (SSSR count). The van der Waals surface area contributed by atoms with Gasteiger partial charge < -0.3 is 34.6 Å². The number of Topliss-reactive ketones (excluding diaryl/α,β-unsaturated/α-hetero) is 2. The molecule has 13 fully saturated rings. The van der Waals surface area contributed by atoms with Gasteiger partial charge in [-0.3, -0.25) is 9.59 Å². The van der Waals surface area contributed by atoms with Crippen molar-refractivity contribution >= 4 is 37.4 Å². The molecule has 472 valence electrons. The second-order valence-electron chi connectivity index (χ2n) is 31.8. The smallest absolute Gasteiger partial charge is 0.141 e. The molecule has 10 nitrogen and oxygen atoms in total. The van der Waals surface area contributed by atoms with E-state index in [-0.39, 0.29) is 49.2 Å². The van der Waals surface area contributed by atoms with Crippen molar-refractivity contribution in [2.24, 2.45) is 109 Å². The number of hydrogen-bond donors (Lipinski definition) is 4. The number of rotatable bonds is 2. The third-order valence-corrected chi connectivity index (χ3v) is 28.1. The van der Waals surface area contributed by atoms with Crippen LogP contribution < -0.4 is 0 Å². The lowest BCUT2D eigenvalue weighted by Gasteiger charge is -2.63. The SMILES string of the molecule is C.C.C1CCOC1.CO[C@@H]1C[C@H]2[C@@H](CC[C@H]3C[C@](C)(O)CC[C@@]32C)[C@@H]2CCC(=O)[C@@]12C.CO[C@@H]1C[C@H]2[C@@H](CC[C@H]3C[C@](C)(O)CC[C@@]32C)[C@@H]2CC[C@H](C#N)[C@@]12C.C[C@@]1(O)CC[C@@]2(C)[C@@H](CC[C@@H]3[C@@H]2C[C@@H](O)[C@]2(C)C(=O)CC[C@@H]32)C1.PPP. The molecule has 0 amide bonds. The molecule has 1 saturated heterocycles. The number of nitrogens with zero attached hydrogens (tertiary/aromatic N) is 1. The molecule has 0 aromatic heterocycles. The van der Waals surface area contributed by atoms with Gasteiger partial charge in [-0.25, -0.2) is 0 Å². The van der Waals surface area contributed by atoms with Crippen LogP contribution in [0.25, 0.3) is 0 Å². The molecule has 27 atom stereocenters. The molecule has 0 spiro atoms. The number of fused-ring (bicyclic) bond motifs is 15. The molecular weight excluding hydrogens is 1080 g/mol. The Morgan fingerprint density at radius 2 is 0.902 bits per heavy atom. The zero-order valence-corrected chi connectivity index (χ0v) is 55.3. The van der Waals surface area contributed by atoms with Crippen LogP contribution in [0.1, 0.15) is 244 Å². The fourth-order valence-electron chi connectivity index (χ4n) is 23.1. The first-order valence-electron chi connectivity index (χ1n) is 32.7. The Morgan fingerprint density at radius 3 is 1.29 bits per heavy atom. The van der Waals surface area contributed by atoms with E-state index >= 15 is 0 Å². The molecule has 4 N–H and O–H groups in total. The average molecular weight is 1200 g/mol. The standard InChI is InChI=1S/C22H35NO2.C21H34O3.C20H32O3.C4H8O.2CH4.H5P3/c1-20(24)9-10-21(2)14(12-20)5-7-16-17-8-6-15(13-23)22(17,3)19(25-4)11-18(16)21;1-19(23)9-10-20(2)13(12-19)5-6-14-15-7-8-17(22)21(15,3)18(24-4)11-16(14)20;1-18(23)8-9-19(2)12(11-18)4-5-13-14-6-7-16(21)20(14,3)17(22)10-15(13)19;1-2-4-5-3-1;;;1-3-2/h14-19,24H,5-12H2,1-4H3;13-16,18,23H,5-12H2,1-4H3;12-15,17,22-23H,4-11H2,1-3H3;1-4H2;2*1H4;3H,1-2H2/t14-,15+,16-,17-,18-,19+,20+,21-,22+;13-,14-,15-,16-,18+,19+,20-,21-;12-,13-,14-,15-,17+,18+,19-,20-;;;;/m000..../s1. The van der Waals surface area contributed by atoms with Gasteiger partial charge in [0.1, 0.15) is 11.6 Å². The van der Waals surface area contributed by atoms with E-state index in [0.717, 1.165) is 130 Å². The van der Waals surface area contributed by atoms with Crippen molar-refractivity contribution in [1.29, 1.82) is 5.26 Å². The third-order valence-electron chi connectivity index (χ3n) is 28.1. The van der Waals surface area contributed by atoms with E-state index in [1.807, 2.05) is 34.8 Å². The fraction of sp³-hybridized carbons (Fsp3) is 0.957. The van der Waals surface area contributed by atoms with Crippen LogP contribution in [-0.2, 0) is 23.8 Å². The van der Waals surface area contributed by atoms with Gasteiger partial charge in [0, 0.05) is 45.7 Å². The minimum atomic E-state index is -0.512. The van der Waals surface area contributed by atoms with Gasteiger partial charge in [-0.15, -0.1) is 17.9 Å². The Kier molecular flexibility index (Phi) is 22.0. The molecule has 1 aliphatic heterocycles. The summed E-state index contributed by atoms with van der Waals surface area (Å²) in [6.45, 7) is 22.0. The number of aliphatic hydroxyl groups excluding tert-OH is 1. The van der Waals surface area contributed by atoms with Crippen LogP contribution in [0.15, 0.2) is 0 Å². The van der Waals surface area contributed by atoms with Crippen molar-refractivity contribution in [3.05, 3.63) is 0 Å². The third kappa shape index (κ3) is 12.1. The van der Waals surface area contributed by atoms with E-state index in [1.165, 1.54) is 57.8 Å². The largest absolute Gasteiger partial charge is 0.392 e. The number of hydrogen-bond acceptors (Lipinski definition) is 10. The number of carbonyl (C=O) groups excluding carboxylic acids is 2. The molecule has 12 saturated carbocycles. The number of ketones is 2. The van der Waals surface area contributed by atoms with Crippen molar-refractivity contribution in [2.45, 2.75) is 279 Å². The molecule has 0 aromatic rings. The lowest BCUT2D eigenvalue weighted by molar-refractivity contribution is -0.183. The summed E-state index contributed by atoms with van der Waals surface area (Å²) in [4.78, 5) is 25.2. The predicted octanol–water partition coefficient (Wildman–Crippen LogP) is 15.2. The highest BCUT2D eigenvalue weighted by Crippen LogP contribution is 2.71. The summed E-state index contributed by atoms with van der Waals surface area (Å²) in [6, 6.07) is 2.63. The molecule has 13 heteroatoms. The minimum absolute atomic E-state index is 0. The molecule has 82 heavy (non-hydrogen) atoms. The second kappa shape index (κ2) is 26.0. The first-order valence-corrected chi connectivity index (χ1v) is 37.3. The summed E-state index contributed by atoms with van der Waals surface area (Å²) in [6.07, 6.45) is 27.3. The summed E-state index contributed by atoms with van der Waals surface area (Å²) in [7, 11) is 9.71. The Bertz CT molecular complexity index is 2230. The van der Waals surface area contributed by atoms with Gasteiger partial charge >= 0.3 is 0 Å². The van der Waals surface area contributed by atoms with Crippen LogP contribution >= 0.6 is 25.8 Å². The fourth-order valence-corrected chi connectivity index (χ4v) is 23.1. The van der Waals surface area contributed by atoms with Crippen molar-refractivity contribution in [2.75, 3.05) is 27.4 Å². The van der Waals surface area contributed by atoms with Crippen molar-refractivity contribution in [3.8, 4) is 6.07 Å². The number of aliphatic hydroxyl groups is 4. The van der Waals surface area contributed by atoms with E-state index in [2.05, 4.69) is 58.5 Å². The maximum atomic E-state index is 12.7. The zero-order chi connectivity index (χ0) is 58.2. The summed E-state index contributed by atoms with van der Waals surface area (Å²) in [5, 5.41) is 52.3. The van der Waals surface area contributed by atoms with Crippen LogP contribution in [0.5, 0.6) is 0 Å². The molecule has 0 radical (unpaired) electrons. The Morgan fingerprint density at radius 1 is 0.524 bits per heavy atom. The topological polar surface area (TPSA) is 167 Å². The number of methoxy groups -OCH3 is 2. The summed E-state index contributed by atoms with van der Waals surface area (Å²) in [5.74, 6) is 8.16. The lowest BCUT2D eigenvalue weighted by atomic mass is 9.43. The van der Waals surface area contributed by atoms with Gasteiger partial charge in [-0.2, -0.15) is 5.26 Å². The second-order valence-corrected chi connectivity index (χ2v) is 36.2. The highest BCUT2D eigenvalue weighted by molar-refractivity contribution is 8.33. The predicted molar refractivity (Wildman–Crippen MR) is 341 cm³/mol. The Hall–Kier alpha value is -0.160. The highest BCUT2D eigenvalue weighted by atomic mass is 32.4. The molecule has 0 bridgehead atoms. The van der Waals surface area contributed by atoms with Crippen molar-refractivity contribution in [1.82, 2.24) is 0 Å². The summed E-state index contributed by atoms with van der Waals surface area (Å²) in [5.41, 5.74) is -1.27. The normalized spacial score (nSPS) is 52.7. The van der Waals surface area contributed by atoms with Crippen LogP contribution in [-0.4, -0.2) is 94.5 Å². The van der Waals surface area contributed by atoms with E-state index < -0.39 is 28.3 Å². The Labute approximate surface area is 506 Å². The van der Waals surface area contributed by atoms with Crippen LogP contribution in [0.4, 0.5) is 0 Å². The van der Waals surface area contributed by atoms with E-state index in [1.54, 1.807) is 7.11 Å². The molecular formula is C69H122NO9P3. The summed E-state index contributed by atoms with van der Waals surface area (Å²) < 4.78 is 16.9. The quantitative estimate of drug-likeness (QED) is 0.196. The van der Waals surface area contributed by atoms with Gasteiger partial charge in [0.25, 0.3) is 0 Å². The maximum Gasteiger partial charge on any atom is 0.141 e. The first-order chi connectivity index (χ1) is 37.6. The maximum absolute atomic E-state index is 12.7. The van der Waals surface area contributed by atoms with Crippen molar-refractivity contribution < 1.29 is 44.2 Å². The first kappa shape index (κ1) is 69.3. The van der Waals surface area contributed by atoms with E-state index in [9.17, 15) is 35.3 Å². The van der Waals surface area contributed by atoms with Crippen molar-refractivity contribution in [3.63, 3.8) is 0 Å². The summed E-state index contributed by atoms with van der Waals surface area (Å²) >= 11 is 0. The van der Waals surface area contributed by atoms with Gasteiger partial charge in [0.05, 0.1) is 57.9 Å². The molecule has 12 aliphatic carbocycles. The van der Waals surface area contributed by atoms with Crippen LogP contribution in [0.3, 0.4) is 0 Å². The molecule has 0 aromatic carbocycles. The molecule has 1 heterocycles. The van der Waals surface area contributed by atoms with Gasteiger partial charge in [-0.1, -0.05) is 50.5 Å². The number of ether oxygens (including phenoxy) is 3. The number of carbonyl (C=O) groups is 2. The molecule has 2 unspecified atom stereocenters. The van der Waals surface area contributed by atoms with E-state index in [4.69, 9.17) is 14.2 Å². The van der Waals surface area contributed by atoms with E-state index in [0.29, 0.717) is 93.9 Å². The molecule has 13 aliphatic rings. The highest BCUT2D eigenvalue weighted by Gasteiger charge is 2.68. The minimum Gasteiger partial charge on any atom is -0.392 e. The number of nitriles is 1. The average Bonchev–Trinajstić information content (AvgIpc) is 1.43. The zero-order valence-electron chi connectivity index (χ0n) is 52.0.